The molecule has 1 aliphatic rings. The second-order valence-corrected chi connectivity index (χ2v) is 8.60. The first kappa shape index (κ1) is 21.2. The summed E-state index contributed by atoms with van der Waals surface area (Å²) >= 11 is 0. The number of ether oxygens (including phenoxy) is 1. The molecule has 0 saturated heterocycles. The van der Waals surface area contributed by atoms with E-state index in [9.17, 15) is 22.0 Å². The largest absolute Gasteiger partial charge is 0.484 e. The van der Waals surface area contributed by atoms with Gasteiger partial charge in [0.2, 0.25) is 10.0 Å². The molecule has 0 atom stereocenters. The van der Waals surface area contributed by atoms with Crippen LogP contribution in [0.4, 0.5) is 14.5 Å². The highest BCUT2D eigenvalue weighted by atomic mass is 32.2. The van der Waals surface area contributed by atoms with Crippen LogP contribution in [0.25, 0.3) is 0 Å². The monoisotopic (exact) mass is 424 g/mol. The summed E-state index contributed by atoms with van der Waals surface area (Å²) in [5.41, 5.74) is -0.283. The van der Waals surface area contributed by atoms with E-state index in [1.54, 1.807) is 0 Å². The zero-order valence-electron chi connectivity index (χ0n) is 15.7. The van der Waals surface area contributed by atoms with Crippen LogP contribution < -0.4 is 14.8 Å². The smallest absolute Gasteiger partial charge is 0.262 e. The fourth-order valence-corrected chi connectivity index (χ4v) is 4.46. The molecule has 0 radical (unpaired) electrons. The first-order valence-corrected chi connectivity index (χ1v) is 10.8. The molecule has 9 heteroatoms. The van der Waals surface area contributed by atoms with Crippen LogP contribution in [0.1, 0.15) is 32.1 Å². The van der Waals surface area contributed by atoms with Crippen molar-refractivity contribution in [1.82, 2.24) is 4.72 Å². The molecule has 2 aromatic rings. The van der Waals surface area contributed by atoms with Crippen LogP contribution in [0.5, 0.6) is 5.75 Å². The molecule has 156 valence electrons. The van der Waals surface area contributed by atoms with Crippen LogP contribution in [0.3, 0.4) is 0 Å². The minimum atomic E-state index is -3.62. The van der Waals surface area contributed by atoms with Crippen molar-refractivity contribution in [3.05, 3.63) is 54.1 Å². The van der Waals surface area contributed by atoms with E-state index in [0.717, 1.165) is 50.3 Å². The van der Waals surface area contributed by atoms with Gasteiger partial charge in [-0.3, -0.25) is 4.79 Å². The number of carbonyl (C=O) groups is 1. The third-order valence-electron chi connectivity index (χ3n) is 4.63. The van der Waals surface area contributed by atoms with Crippen molar-refractivity contribution < 1.29 is 26.7 Å². The predicted octanol–water partition coefficient (Wildman–Crippen LogP) is 3.59. The Morgan fingerprint density at radius 3 is 2.41 bits per heavy atom. The molecule has 6 nitrogen and oxygen atoms in total. The van der Waals surface area contributed by atoms with Gasteiger partial charge in [-0.1, -0.05) is 19.3 Å². The maximum Gasteiger partial charge on any atom is 0.262 e. The number of sulfonamides is 1. The summed E-state index contributed by atoms with van der Waals surface area (Å²) < 4.78 is 59.6. The second kappa shape index (κ2) is 9.32. The maximum atomic E-state index is 13.5. The van der Waals surface area contributed by atoms with E-state index >= 15 is 0 Å². The van der Waals surface area contributed by atoms with Gasteiger partial charge in [-0.05, 0) is 49.2 Å². The van der Waals surface area contributed by atoms with Gasteiger partial charge < -0.3 is 10.1 Å². The van der Waals surface area contributed by atoms with Crippen molar-refractivity contribution in [3.63, 3.8) is 0 Å². The normalized spacial score (nSPS) is 15.1. The van der Waals surface area contributed by atoms with E-state index in [1.807, 2.05) is 0 Å². The number of rotatable bonds is 7. The van der Waals surface area contributed by atoms with Crippen molar-refractivity contribution in [2.24, 2.45) is 0 Å². The molecule has 29 heavy (non-hydrogen) atoms. The second-order valence-electron chi connectivity index (χ2n) is 6.89. The van der Waals surface area contributed by atoms with Crippen LogP contribution >= 0.6 is 0 Å². The molecule has 0 heterocycles. The molecule has 1 fully saturated rings. The number of anilines is 1. The Hall–Kier alpha value is -2.52. The molecular weight excluding hydrogens is 402 g/mol. The Labute approximate surface area is 168 Å². The fraction of sp³-hybridized carbons (Fsp3) is 0.350. The molecule has 1 saturated carbocycles. The highest BCUT2D eigenvalue weighted by Crippen LogP contribution is 2.21. The molecule has 0 bridgehead atoms. The lowest BCUT2D eigenvalue weighted by atomic mass is 9.96. The van der Waals surface area contributed by atoms with Gasteiger partial charge in [0.1, 0.15) is 17.4 Å². The Morgan fingerprint density at radius 1 is 1.03 bits per heavy atom. The van der Waals surface area contributed by atoms with Crippen molar-refractivity contribution in [3.8, 4) is 5.75 Å². The average Bonchev–Trinajstić information content (AvgIpc) is 2.70. The van der Waals surface area contributed by atoms with Crippen LogP contribution in [-0.2, 0) is 14.8 Å². The molecule has 0 aromatic heterocycles. The minimum Gasteiger partial charge on any atom is -0.484 e. The number of amides is 1. The number of hydrogen-bond acceptors (Lipinski definition) is 4. The van der Waals surface area contributed by atoms with Gasteiger partial charge in [0.25, 0.3) is 5.91 Å². The van der Waals surface area contributed by atoms with E-state index < -0.39 is 34.2 Å². The molecule has 0 unspecified atom stereocenters. The van der Waals surface area contributed by atoms with E-state index in [-0.39, 0.29) is 22.4 Å². The molecule has 3 rings (SSSR count). The summed E-state index contributed by atoms with van der Waals surface area (Å²) in [7, 11) is -3.62. The van der Waals surface area contributed by atoms with Crippen LogP contribution in [-0.4, -0.2) is 27.0 Å². The quantitative estimate of drug-likeness (QED) is 0.711. The van der Waals surface area contributed by atoms with Gasteiger partial charge in [-0.15, -0.1) is 0 Å². The molecule has 2 aromatic carbocycles. The van der Waals surface area contributed by atoms with E-state index in [1.165, 1.54) is 24.3 Å². The van der Waals surface area contributed by atoms with Gasteiger partial charge in [-0.25, -0.2) is 21.9 Å². The fourth-order valence-electron chi connectivity index (χ4n) is 3.15. The Balaban J connectivity index is 1.54. The summed E-state index contributed by atoms with van der Waals surface area (Å²) in [6.07, 6.45) is 4.83. The molecule has 1 aliphatic carbocycles. The van der Waals surface area contributed by atoms with E-state index in [2.05, 4.69) is 10.0 Å². The van der Waals surface area contributed by atoms with E-state index in [0.29, 0.717) is 0 Å². The number of hydrogen-bond donors (Lipinski definition) is 2. The summed E-state index contributed by atoms with van der Waals surface area (Å²) in [5.74, 6) is -1.84. The van der Waals surface area contributed by atoms with Crippen molar-refractivity contribution in [2.75, 3.05) is 11.9 Å². The van der Waals surface area contributed by atoms with Crippen molar-refractivity contribution in [1.29, 1.82) is 0 Å². The molecule has 1 amide bonds. The topological polar surface area (TPSA) is 84.5 Å². The van der Waals surface area contributed by atoms with Gasteiger partial charge in [0.05, 0.1) is 10.6 Å². The van der Waals surface area contributed by atoms with Crippen molar-refractivity contribution >= 4 is 21.6 Å². The standard InChI is InChI=1S/C20H22F2N2O4S/c21-14-6-11-18(22)19(12-14)23-20(25)13-28-16-7-9-17(10-8-16)29(26,27)24-15-4-2-1-3-5-15/h6-12,15,24H,1-5,13H2,(H,23,25). The summed E-state index contributed by atoms with van der Waals surface area (Å²) in [4.78, 5) is 12.0. The Morgan fingerprint density at radius 2 is 1.72 bits per heavy atom. The number of carbonyl (C=O) groups excluding carboxylic acids is 1. The summed E-state index contributed by atoms with van der Waals surface area (Å²) in [6.45, 7) is -0.442. The van der Waals surface area contributed by atoms with E-state index in [4.69, 9.17) is 4.74 Å². The minimum absolute atomic E-state index is 0.0448. The highest BCUT2D eigenvalue weighted by Gasteiger charge is 2.21. The van der Waals surface area contributed by atoms with Crippen LogP contribution in [0, 0.1) is 11.6 Å². The average molecular weight is 424 g/mol. The van der Waals surface area contributed by atoms with Gasteiger partial charge in [-0.2, -0.15) is 0 Å². The lowest BCUT2D eigenvalue weighted by molar-refractivity contribution is -0.118. The van der Waals surface area contributed by atoms with Crippen LogP contribution in [0.15, 0.2) is 47.4 Å². The summed E-state index contributed by atoms with van der Waals surface area (Å²) in [6, 6.07) is 8.34. The zero-order chi connectivity index (χ0) is 20.9. The van der Waals surface area contributed by atoms with Gasteiger partial charge in [0.15, 0.2) is 6.61 Å². The lowest BCUT2D eigenvalue weighted by Crippen LogP contribution is -2.36. The molecule has 0 spiro atoms. The molecule has 0 aliphatic heterocycles. The maximum absolute atomic E-state index is 13.5. The number of nitrogens with one attached hydrogen (secondary N) is 2. The molecular formula is C20H22F2N2O4S. The SMILES string of the molecule is O=C(COc1ccc(S(=O)(=O)NC2CCCCC2)cc1)Nc1cc(F)ccc1F. The van der Waals surface area contributed by atoms with Crippen LogP contribution in [0.2, 0.25) is 0 Å². The first-order valence-electron chi connectivity index (χ1n) is 9.33. The molecule has 2 N–H and O–H groups in total. The van der Waals surface area contributed by atoms with Gasteiger partial charge in [0, 0.05) is 12.1 Å². The Bertz CT molecular complexity index is 959. The Kier molecular flexibility index (Phi) is 6.81. The third kappa shape index (κ3) is 5.98. The highest BCUT2D eigenvalue weighted by molar-refractivity contribution is 7.89. The summed E-state index contributed by atoms with van der Waals surface area (Å²) in [5, 5.41) is 2.22. The van der Waals surface area contributed by atoms with Gasteiger partial charge >= 0.3 is 0 Å². The third-order valence-corrected chi connectivity index (χ3v) is 6.17. The number of benzene rings is 2. The zero-order valence-corrected chi connectivity index (χ0v) is 16.5. The van der Waals surface area contributed by atoms with Crippen molar-refractivity contribution in [2.45, 2.75) is 43.0 Å². The predicted molar refractivity (Wildman–Crippen MR) is 104 cm³/mol. The lowest BCUT2D eigenvalue weighted by Gasteiger charge is -2.22. The first-order chi connectivity index (χ1) is 13.8. The number of halogens is 2.